The molecule has 0 unspecified atom stereocenters. The number of nitrogens with one attached hydrogen (secondary N) is 1. The molecule has 4 heteroatoms. The second-order valence-electron chi connectivity index (χ2n) is 4.98. The predicted molar refractivity (Wildman–Crippen MR) is 78.3 cm³/mol. The van der Waals surface area contributed by atoms with Gasteiger partial charge >= 0.3 is 0 Å². The van der Waals surface area contributed by atoms with Crippen molar-refractivity contribution in [1.82, 2.24) is 9.97 Å². The number of anilines is 2. The molecule has 0 amide bonds. The molecule has 18 heavy (non-hydrogen) atoms. The Morgan fingerprint density at radius 1 is 1.22 bits per heavy atom. The van der Waals surface area contributed by atoms with E-state index in [1.165, 1.54) is 0 Å². The van der Waals surface area contributed by atoms with Gasteiger partial charge in [-0.05, 0) is 33.1 Å². The van der Waals surface area contributed by atoms with E-state index in [0.717, 1.165) is 43.5 Å². The van der Waals surface area contributed by atoms with E-state index in [0.29, 0.717) is 5.92 Å². The standard InChI is InChI=1S/C14H26N4/c1-6-18(7-2)14-16-12(5)10-13(17-14)15-9-8-11(3)4/h10-11H,6-9H2,1-5H3,(H,15,16,17). The van der Waals surface area contributed by atoms with E-state index >= 15 is 0 Å². The fourth-order valence-corrected chi connectivity index (χ4v) is 1.78. The Morgan fingerprint density at radius 3 is 2.44 bits per heavy atom. The summed E-state index contributed by atoms with van der Waals surface area (Å²) < 4.78 is 0. The molecule has 0 radical (unpaired) electrons. The van der Waals surface area contributed by atoms with Crippen molar-refractivity contribution in [2.45, 2.75) is 41.0 Å². The van der Waals surface area contributed by atoms with Gasteiger partial charge in [0.2, 0.25) is 5.95 Å². The van der Waals surface area contributed by atoms with Crippen molar-refractivity contribution in [3.8, 4) is 0 Å². The van der Waals surface area contributed by atoms with Crippen LogP contribution in [0.4, 0.5) is 11.8 Å². The Morgan fingerprint density at radius 2 is 1.89 bits per heavy atom. The van der Waals surface area contributed by atoms with Gasteiger partial charge in [0.25, 0.3) is 0 Å². The van der Waals surface area contributed by atoms with Crippen molar-refractivity contribution in [1.29, 1.82) is 0 Å². The molecule has 0 aliphatic carbocycles. The molecule has 4 nitrogen and oxygen atoms in total. The van der Waals surface area contributed by atoms with Gasteiger partial charge < -0.3 is 10.2 Å². The highest BCUT2D eigenvalue weighted by atomic mass is 15.3. The van der Waals surface area contributed by atoms with Gasteiger partial charge in [-0.2, -0.15) is 4.98 Å². The molecule has 0 bridgehead atoms. The van der Waals surface area contributed by atoms with Crippen molar-refractivity contribution in [2.75, 3.05) is 29.9 Å². The van der Waals surface area contributed by atoms with E-state index in [2.05, 4.69) is 47.9 Å². The SMILES string of the molecule is CCN(CC)c1nc(C)cc(NCCC(C)C)n1. The van der Waals surface area contributed by atoms with Crippen molar-refractivity contribution < 1.29 is 0 Å². The fourth-order valence-electron chi connectivity index (χ4n) is 1.78. The van der Waals surface area contributed by atoms with Gasteiger partial charge in [-0.25, -0.2) is 4.98 Å². The van der Waals surface area contributed by atoms with Gasteiger partial charge in [-0.15, -0.1) is 0 Å². The van der Waals surface area contributed by atoms with Crippen LogP contribution in [0.15, 0.2) is 6.07 Å². The molecule has 1 N–H and O–H groups in total. The molecule has 1 aromatic heterocycles. The number of aryl methyl sites for hydroxylation is 1. The van der Waals surface area contributed by atoms with E-state index in [1.54, 1.807) is 0 Å². The van der Waals surface area contributed by atoms with Gasteiger partial charge in [0.1, 0.15) is 5.82 Å². The van der Waals surface area contributed by atoms with E-state index in [4.69, 9.17) is 0 Å². The molecule has 1 heterocycles. The van der Waals surface area contributed by atoms with Gasteiger partial charge in [-0.1, -0.05) is 13.8 Å². The average molecular weight is 250 g/mol. The van der Waals surface area contributed by atoms with Crippen molar-refractivity contribution in [3.05, 3.63) is 11.8 Å². The zero-order chi connectivity index (χ0) is 13.5. The number of hydrogen-bond acceptors (Lipinski definition) is 4. The molecule has 0 atom stereocenters. The minimum Gasteiger partial charge on any atom is -0.370 e. The van der Waals surface area contributed by atoms with E-state index in [1.807, 2.05) is 13.0 Å². The molecular weight excluding hydrogens is 224 g/mol. The minimum atomic E-state index is 0.711. The number of hydrogen-bond donors (Lipinski definition) is 1. The Balaban J connectivity index is 2.74. The van der Waals surface area contributed by atoms with Crippen molar-refractivity contribution >= 4 is 11.8 Å². The fraction of sp³-hybridized carbons (Fsp3) is 0.714. The van der Waals surface area contributed by atoms with Crippen LogP contribution in [0.1, 0.15) is 39.8 Å². The molecule has 1 rings (SSSR count). The zero-order valence-corrected chi connectivity index (χ0v) is 12.3. The van der Waals surface area contributed by atoms with Crippen LogP contribution in [0.5, 0.6) is 0 Å². The Bertz CT molecular complexity index is 359. The number of rotatable bonds is 7. The lowest BCUT2D eigenvalue weighted by Gasteiger charge is -2.19. The van der Waals surface area contributed by atoms with Crippen LogP contribution in [0.3, 0.4) is 0 Å². The third kappa shape index (κ3) is 4.51. The predicted octanol–water partition coefficient (Wildman–Crippen LogP) is 3.09. The first-order chi connectivity index (χ1) is 8.56. The normalized spacial score (nSPS) is 10.8. The third-order valence-electron chi connectivity index (χ3n) is 2.92. The Labute approximate surface area is 111 Å². The van der Waals surface area contributed by atoms with Crippen LogP contribution in [-0.4, -0.2) is 29.6 Å². The minimum absolute atomic E-state index is 0.711. The summed E-state index contributed by atoms with van der Waals surface area (Å²) in [6.45, 7) is 13.6. The van der Waals surface area contributed by atoms with E-state index in [-0.39, 0.29) is 0 Å². The summed E-state index contributed by atoms with van der Waals surface area (Å²) in [6.07, 6.45) is 1.16. The summed E-state index contributed by atoms with van der Waals surface area (Å²) in [7, 11) is 0. The lowest BCUT2D eigenvalue weighted by molar-refractivity contribution is 0.606. The first-order valence-corrected chi connectivity index (χ1v) is 6.91. The topological polar surface area (TPSA) is 41.1 Å². The molecule has 0 saturated heterocycles. The highest BCUT2D eigenvalue weighted by Gasteiger charge is 2.07. The number of aromatic nitrogens is 2. The molecule has 0 fully saturated rings. The monoisotopic (exact) mass is 250 g/mol. The van der Waals surface area contributed by atoms with Crippen LogP contribution in [0.2, 0.25) is 0 Å². The van der Waals surface area contributed by atoms with Crippen molar-refractivity contribution in [2.24, 2.45) is 5.92 Å². The lowest BCUT2D eigenvalue weighted by Crippen LogP contribution is -2.24. The summed E-state index contributed by atoms with van der Waals surface area (Å²) >= 11 is 0. The summed E-state index contributed by atoms with van der Waals surface area (Å²) in [4.78, 5) is 11.2. The molecule has 0 aromatic carbocycles. The summed E-state index contributed by atoms with van der Waals surface area (Å²) in [6, 6.07) is 2.01. The lowest BCUT2D eigenvalue weighted by atomic mass is 10.1. The summed E-state index contributed by atoms with van der Waals surface area (Å²) in [5.74, 6) is 2.47. The van der Waals surface area contributed by atoms with Crippen LogP contribution in [0, 0.1) is 12.8 Å². The van der Waals surface area contributed by atoms with Gasteiger partial charge in [-0.3, -0.25) is 0 Å². The third-order valence-corrected chi connectivity index (χ3v) is 2.92. The molecule has 1 aromatic rings. The maximum atomic E-state index is 4.58. The van der Waals surface area contributed by atoms with Crippen LogP contribution >= 0.6 is 0 Å². The van der Waals surface area contributed by atoms with Crippen LogP contribution in [-0.2, 0) is 0 Å². The first-order valence-electron chi connectivity index (χ1n) is 6.91. The molecule has 102 valence electrons. The van der Waals surface area contributed by atoms with E-state index in [9.17, 15) is 0 Å². The molecule has 0 aliphatic heterocycles. The average Bonchev–Trinajstić information content (AvgIpc) is 2.29. The zero-order valence-electron chi connectivity index (χ0n) is 12.3. The molecule has 0 saturated carbocycles. The van der Waals surface area contributed by atoms with Gasteiger partial charge in [0, 0.05) is 31.4 Å². The van der Waals surface area contributed by atoms with Crippen molar-refractivity contribution in [3.63, 3.8) is 0 Å². The summed E-state index contributed by atoms with van der Waals surface area (Å²) in [5.41, 5.74) is 1.01. The van der Waals surface area contributed by atoms with Crippen LogP contribution in [0.25, 0.3) is 0 Å². The number of nitrogens with zero attached hydrogens (tertiary/aromatic N) is 3. The highest BCUT2D eigenvalue weighted by Crippen LogP contribution is 2.13. The van der Waals surface area contributed by atoms with Crippen LogP contribution < -0.4 is 10.2 Å². The maximum absolute atomic E-state index is 4.58. The smallest absolute Gasteiger partial charge is 0.227 e. The Kier molecular flexibility index (Phi) is 5.89. The quantitative estimate of drug-likeness (QED) is 0.807. The highest BCUT2D eigenvalue weighted by molar-refractivity contribution is 5.43. The Hall–Kier alpha value is -1.32. The second-order valence-corrected chi connectivity index (χ2v) is 4.98. The largest absolute Gasteiger partial charge is 0.370 e. The van der Waals surface area contributed by atoms with E-state index < -0.39 is 0 Å². The maximum Gasteiger partial charge on any atom is 0.227 e. The summed E-state index contributed by atoms with van der Waals surface area (Å²) in [5, 5.41) is 3.38. The molecular formula is C14H26N4. The molecule has 0 aliphatic rings. The van der Waals surface area contributed by atoms with Gasteiger partial charge in [0.05, 0.1) is 0 Å². The molecule has 0 spiro atoms. The van der Waals surface area contributed by atoms with Gasteiger partial charge in [0.15, 0.2) is 0 Å². The second kappa shape index (κ2) is 7.19. The first kappa shape index (κ1) is 14.7.